The molecular weight excluding hydrogens is 226 g/mol. The first kappa shape index (κ1) is 9.47. The number of hydrogen-bond acceptors (Lipinski definition) is 0. The van der Waals surface area contributed by atoms with Crippen LogP contribution in [-0.2, 0) is 5.88 Å². The first-order valence-corrected chi connectivity index (χ1v) is 4.52. The topological polar surface area (TPSA) is 0 Å². The summed E-state index contributed by atoms with van der Waals surface area (Å²) in [6.07, 6.45) is 0. The monoisotopic (exact) mass is 228 g/mol. The standard InChI is InChI=1S/C7H4Cl4/c8-3-4-1-2-5(9)7(11)6(4)10/h1-2H,3H2. The van der Waals surface area contributed by atoms with Gasteiger partial charge in [0.2, 0.25) is 0 Å². The van der Waals surface area contributed by atoms with Crippen LogP contribution in [0.3, 0.4) is 0 Å². The Kier molecular flexibility index (Phi) is 3.32. The second kappa shape index (κ2) is 3.86. The second-order valence-electron chi connectivity index (χ2n) is 1.97. The third kappa shape index (κ3) is 1.94. The predicted molar refractivity (Wildman–Crippen MR) is 51.0 cm³/mol. The lowest BCUT2D eigenvalue weighted by molar-refractivity contribution is 1.40. The molecule has 0 saturated carbocycles. The Labute approximate surface area is 85.0 Å². The molecule has 0 N–H and O–H groups in total. The summed E-state index contributed by atoms with van der Waals surface area (Å²) in [5.74, 6) is 0.343. The molecule has 1 aromatic rings. The summed E-state index contributed by atoms with van der Waals surface area (Å²) in [6.45, 7) is 0. The second-order valence-corrected chi connectivity index (χ2v) is 3.40. The molecule has 0 saturated heterocycles. The summed E-state index contributed by atoms with van der Waals surface area (Å²) in [5, 5.41) is 1.26. The predicted octanol–water partition coefficient (Wildman–Crippen LogP) is 4.39. The molecule has 0 heterocycles. The van der Waals surface area contributed by atoms with Crippen LogP contribution in [0.15, 0.2) is 12.1 Å². The zero-order valence-corrected chi connectivity index (χ0v) is 8.40. The average Bonchev–Trinajstić information content (AvgIpc) is 2.01. The minimum atomic E-state index is 0.343. The Morgan fingerprint density at radius 2 is 1.64 bits per heavy atom. The Morgan fingerprint density at radius 1 is 1.00 bits per heavy atom. The van der Waals surface area contributed by atoms with Crippen LogP contribution < -0.4 is 0 Å². The van der Waals surface area contributed by atoms with Crippen molar-refractivity contribution in [1.29, 1.82) is 0 Å². The average molecular weight is 230 g/mol. The zero-order valence-electron chi connectivity index (χ0n) is 5.37. The fraction of sp³-hybridized carbons (Fsp3) is 0.143. The maximum absolute atomic E-state index is 5.80. The van der Waals surface area contributed by atoms with Crippen molar-refractivity contribution < 1.29 is 0 Å². The highest BCUT2D eigenvalue weighted by Crippen LogP contribution is 2.33. The minimum Gasteiger partial charge on any atom is -0.121 e. The molecule has 0 aliphatic heterocycles. The fourth-order valence-corrected chi connectivity index (χ4v) is 1.58. The zero-order chi connectivity index (χ0) is 8.43. The van der Waals surface area contributed by atoms with Crippen LogP contribution in [0.25, 0.3) is 0 Å². The van der Waals surface area contributed by atoms with E-state index in [1.165, 1.54) is 0 Å². The van der Waals surface area contributed by atoms with E-state index in [1.54, 1.807) is 12.1 Å². The Balaban J connectivity index is 3.25. The van der Waals surface area contributed by atoms with E-state index >= 15 is 0 Å². The summed E-state index contributed by atoms with van der Waals surface area (Å²) in [4.78, 5) is 0. The third-order valence-electron chi connectivity index (χ3n) is 1.26. The van der Waals surface area contributed by atoms with E-state index in [2.05, 4.69) is 0 Å². The van der Waals surface area contributed by atoms with Gasteiger partial charge >= 0.3 is 0 Å². The van der Waals surface area contributed by atoms with Crippen molar-refractivity contribution in [2.75, 3.05) is 0 Å². The molecule has 0 aliphatic rings. The van der Waals surface area contributed by atoms with Gasteiger partial charge in [0.15, 0.2) is 0 Å². The van der Waals surface area contributed by atoms with E-state index in [-0.39, 0.29) is 0 Å². The minimum absolute atomic E-state index is 0.343. The van der Waals surface area contributed by atoms with E-state index in [4.69, 9.17) is 46.4 Å². The van der Waals surface area contributed by atoms with Gasteiger partial charge in [0.25, 0.3) is 0 Å². The molecule has 0 aromatic heterocycles. The number of halogens is 4. The van der Waals surface area contributed by atoms with Crippen LogP contribution >= 0.6 is 46.4 Å². The Morgan fingerprint density at radius 3 is 2.18 bits per heavy atom. The molecule has 1 aromatic carbocycles. The molecule has 0 bridgehead atoms. The van der Waals surface area contributed by atoms with E-state index < -0.39 is 0 Å². The third-order valence-corrected chi connectivity index (χ3v) is 2.88. The van der Waals surface area contributed by atoms with Crippen LogP contribution in [0, 0.1) is 0 Å². The van der Waals surface area contributed by atoms with Gasteiger partial charge < -0.3 is 0 Å². The van der Waals surface area contributed by atoms with Gasteiger partial charge in [-0.2, -0.15) is 0 Å². The van der Waals surface area contributed by atoms with Gasteiger partial charge in [-0.05, 0) is 11.6 Å². The van der Waals surface area contributed by atoms with Gasteiger partial charge in [-0.1, -0.05) is 40.9 Å². The van der Waals surface area contributed by atoms with Crippen molar-refractivity contribution in [3.05, 3.63) is 32.8 Å². The van der Waals surface area contributed by atoms with E-state index in [0.29, 0.717) is 20.9 Å². The van der Waals surface area contributed by atoms with Crippen molar-refractivity contribution in [2.24, 2.45) is 0 Å². The molecule has 0 fully saturated rings. The normalized spacial score (nSPS) is 10.2. The molecule has 0 nitrogen and oxygen atoms in total. The van der Waals surface area contributed by atoms with Crippen molar-refractivity contribution in [3.8, 4) is 0 Å². The van der Waals surface area contributed by atoms with E-state index in [0.717, 1.165) is 5.56 Å². The van der Waals surface area contributed by atoms with Crippen molar-refractivity contribution in [3.63, 3.8) is 0 Å². The van der Waals surface area contributed by atoms with Gasteiger partial charge in [0.1, 0.15) is 0 Å². The van der Waals surface area contributed by atoms with Gasteiger partial charge in [-0.15, -0.1) is 11.6 Å². The largest absolute Gasteiger partial charge is 0.121 e. The van der Waals surface area contributed by atoms with Crippen LogP contribution in [0.1, 0.15) is 5.56 Å². The molecule has 1 rings (SSSR count). The molecule has 0 spiro atoms. The smallest absolute Gasteiger partial charge is 0.0781 e. The molecule has 4 heteroatoms. The lowest BCUT2D eigenvalue weighted by Gasteiger charge is -2.02. The number of benzene rings is 1. The molecule has 60 valence electrons. The summed E-state index contributed by atoms with van der Waals surface area (Å²) in [7, 11) is 0. The lowest BCUT2D eigenvalue weighted by atomic mass is 10.2. The maximum atomic E-state index is 5.80. The summed E-state index contributed by atoms with van der Waals surface area (Å²) < 4.78 is 0. The molecule has 0 atom stereocenters. The van der Waals surface area contributed by atoms with Crippen LogP contribution in [-0.4, -0.2) is 0 Å². The SMILES string of the molecule is ClCc1ccc(Cl)c(Cl)c1Cl. The maximum Gasteiger partial charge on any atom is 0.0781 e. The van der Waals surface area contributed by atoms with Crippen molar-refractivity contribution in [1.82, 2.24) is 0 Å². The highest BCUT2D eigenvalue weighted by atomic mass is 35.5. The number of rotatable bonds is 1. The molecule has 0 amide bonds. The summed E-state index contributed by atoms with van der Waals surface area (Å²) in [5.41, 5.74) is 0.794. The van der Waals surface area contributed by atoms with Crippen molar-refractivity contribution >= 4 is 46.4 Å². The summed E-state index contributed by atoms with van der Waals surface area (Å²) >= 11 is 22.8. The van der Waals surface area contributed by atoms with Gasteiger partial charge in [0, 0.05) is 5.88 Å². The first-order valence-electron chi connectivity index (χ1n) is 2.85. The first-order chi connectivity index (χ1) is 5.16. The van der Waals surface area contributed by atoms with Crippen molar-refractivity contribution in [2.45, 2.75) is 5.88 Å². The van der Waals surface area contributed by atoms with Crippen LogP contribution in [0.4, 0.5) is 0 Å². The van der Waals surface area contributed by atoms with Crippen LogP contribution in [0.2, 0.25) is 15.1 Å². The molecule has 0 radical (unpaired) electrons. The molecule has 11 heavy (non-hydrogen) atoms. The molecular formula is C7H4Cl4. The molecule has 0 unspecified atom stereocenters. The highest BCUT2D eigenvalue weighted by Gasteiger charge is 2.06. The lowest BCUT2D eigenvalue weighted by Crippen LogP contribution is -1.81. The quantitative estimate of drug-likeness (QED) is 0.495. The van der Waals surface area contributed by atoms with Gasteiger partial charge in [0.05, 0.1) is 15.1 Å². The number of alkyl halides is 1. The van der Waals surface area contributed by atoms with Gasteiger partial charge in [-0.25, -0.2) is 0 Å². The highest BCUT2D eigenvalue weighted by molar-refractivity contribution is 6.48. The number of hydrogen-bond donors (Lipinski definition) is 0. The van der Waals surface area contributed by atoms with E-state index in [1.807, 2.05) is 0 Å². The Hall–Kier alpha value is 0.380. The fourth-order valence-electron chi connectivity index (χ4n) is 0.669. The van der Waals surface area contributed by atoms with E-state index in [9.17, 15) is 0 Å². The molecule has 0 aliphatic carbocycles. The summed E-state index contributed by atoms with van der Waals surface area (Å²) in [6, 6.07) is 3.43. The van der Waals surface area contributed by atoms with Crippen LogP contribution in [0.5, 0.6) is 0 Å². The Bertz CT molecular complexity index is 269. The van der Waals surface area contributed by atoms with Gasteiger partial charge in [-0.3, -0.25) is 0 Å².